The van der Waals surface area contributed by atoms with Crippen LogP contribution in [0, 0.1) is 10.1 Å². The standard InChI is InChI=1S/C20H21N3O6/c1-4-12(2)28-20(25)13(3)22-18-15(10-11-16(21-18)23(26)27)29-17(19(22)24)14-8-6-5-7-9-14/h5-13,17H,4H2,1-3H3. The van der Waals surface area contributed by atoms with Crippen LogP contribution in [0.4, 0.5) is 11.6 Å². The number of aromatic nitrogens is 1. The molecule has 152 valence electrons. The van der Waals surface area contributed by atoms with Crippen LogP contribution in [-0.4, -0.2) is 33.9 Å². The van der Waals surface area contributed by atoms with Crippen LogP contribution in [-0.2, 0) is 14.3 Å². The highest BCUT2D eigenvalue weighted by Crippen LogP contribution is 2.40. The molecule has 3 rings (SSSR count). The maximum Gasteiger partial charge on any atom is 0.366 e. The summed E-state index contributed by atoms with van der Waals surface area (Å²) in [6.45, 7) is 5.12. The summed E-state index contributed by atoms with van der Waals surface area (Å²) in [6, 6.07) is 10.3. The highest BCUT2D eigenvalue weighted by Gasteiger charge is 2.44. The number of nitrogens with zero attached hydrogens (tertiary/aromatic N) is 3. The summed E-state index contributed by atoms with van der Waals surface area (Å²) >= 11 is 0. The summed E-state index contributed by atoms with van der Waals surface area (Å²) in [5, 5.41) is 11.2. The van der Waals surface area contributed by atoms with Crippen molar-refractivity contribution in [2.24, 2.45) is 0 Å². The van der Waals surface area contributed by atoms with Crippen LogP contribution in [0.2, 0.25) is 0 Å². The van der Waals surface area contributed by atoms with Gasteiger partial charge in [-0.1, -0.05) is 37.3 Å². The van der Waals surface area contributed by atoms with Gasteiger partial charge in [-0.25, -0.2) is 4.79 Å². The smallest absolute Gasteiger partial charge is 0.366 e. The molecule has 2 heterocycles. The third-order valence-electron chi connectivity index (χ3n) is 4.67. The number of rotatable bonds is 6. The molecule has 0 aliphatic carbocycles. The van der Waals surface area contributed by atoms with E-state index < -0.39 is 34.8 Å². The van der Waals surface area contributed by atoms with Crippen molar-refractivity contribution >= 4 is 23.5 Å². The van der Waals surface area contributed by atoms with Crippen molar-refractivity contribution in [3.05, 3.63) is 58.1 Å². The van der Waals surface area contributed by atoms with E-state index in [0.29, 0.717) is 12.0 Å². The number of pyridine rings is 1. The molecule has 0 spiro atoms. The molecule has 2 aromatic rings. The topological polar surface area (TPSA) is 112 Å². The van der Waals surface area contributed by atoms with E-state index in [2.05, 4.69) is 4.98 Å². The van der Waals surface area contributed by atoms with Crippen molar-refractivity contribution < 1.29 is 24.0 Å². The van der Waals surface area contributed by atoms with E-state index in [9.17, 15) is 19.7 Å². The zero-order valence-corrected chi connectivity index (χ0v) is 16.3. The number of carbonyl (C=O) groups is 2. The van der Waals surface area contributed by atoms with Crippen LogP contribution < -0.4 is 9.64 Å². The van der Waals surface area contributed by atoms with Gasteiger partial charge in [0.05, 0.1) is 6.10 Å². The Kier molecular flexibility index (Phi) is 5.76. The predicted octanol–water partition coefficient (Wildman–Crippen LogP) is 3.19. The lowest BCUT2D eigenvalue weighted by Crippen LogP contribution is -2.50. The number of anilines is 1. The number of benzene rings is 1. The van der Waals surface area contributed by atoms with Gasteiger partial charge in [0.2, 0.25) is 6.10 Å². The number of ether oxygens (including phenoxy) is 2. The number of fused-ring (bicyclic) bond motifs is 1. The van der Waals surface area contributed by atoms with Gasteiger partial charge >= 0.3 is 11.8 Å². The average molecular weight is 399 g/mol. The van der Waals surface area contributed by atoms with Crippen LogP contribution in [0.1, 0.15) is 38.9 Å². The van der Waals surface area contributed by atoms with Crippen LogP contribution >= 0.6 is 0 Å². The fourth-order valence-electron chi connectivity index (χ4n) is 2.90. The molecule has 1 aliphatic heterocycles. The minimum atomic E-state index is -1.04. The van der Waals surface area contributed by atoms with Crippen molar-refractivity contribution in [1.29, 1.82) is 0 Å². The van der Waals surface area contributed by atoms with Gasteiger partial charge in [-0.05, 0) is 36.2 Å². The average Bonchev–Trinajstić information content (AvgIpc) is 2.72. The summed E-state index contributed by atoms with van der Waals surface area (Å²) < 4.78 is 11.2. The summed E-state index contributed by atoms with van der Waals surface area (Å²) in [5.41, 5.74) is 0.592. The van der Waals surface area contributed by atoms with Gasteiger partial charge in [-0.3, -0.25) is 9.69 Å². The van der Waals surface area contributed by atoms with E-state index >= 15 is 0 Å². The van der Waals surface area contributed by atoms with Gasteiger partial charge in [0, 0.05) is 11.6 Å². The molecular formula is C20H21N3O6. The Morgan fingerprint density at radius 2 is 1.97 bits per heavy atom. The predicted molar refractivity (Wildman–Crippen MR) is 103 cm³/mol. The zero-order chi connectivity index (χ0) is 21.1. The Morgan fingerprint density at radius 1 is 1.28 bits per heavy atom. The van der Waals surface area contributed by atoms with Gasteiger partial charge < -0.3 is 19.6 Å². The normalized spacial score (nSPS) is 17.7. The Bertz CT molecular complexity index is 933. The highest BCUT2D eigenvalue weighted by molar-refractivity contribution is 6.04. The molecule has 0 saturated carbocycles. The number of carbonyl (C=O) groups excluding carboxylic acids is 2. The van der Waals surface area contributed by atoms with Gasteiger partial charge in [-0.2, -0.15) is 0 Å². The summed E-state index contributed by atoms with van der Waals surface area (Å²) in [7, 11) is 0. The quantitative estimate of drug-likeness (QED) is 0.416. The van der Waals surface area contributed by atoms with E-state index in [1.165, 1.54) is 19.1 Å². The van der Waals surface area contributed by atoms with E-state index in [1.54, 1.807) is 37.3 Å². The first-order valence-electron chi connectivity index (χ1n) is 9.24. The molecule has 0 saturated heterocycles. The van der Waals surface area contributed by atoms with Gasteiger partial charge in [0.25, 0.3) is 11.7 Å². The SMILES string of the molecule is CCC(C)OC(=O)C(C)N1C(=O)C(c2ccccc2)Oc2ccc([N+](=O)[O-])nc21. The third kappa shape index (κ3) is 4.03. The molecule has 0 bridgehead atoms. The molecule has 0 radical (unpaired) electrons. The summed E-state index contributed by atoms with van der Waals surface area (Å²) in [5.74, 6) is -1.53. The van der Waals surface area contributed by atoms with E-state index in [1.807, 2.05) is 6.92 Å². The second-order valence-electron chi connectivity index (χ2n) is 6.70. The van der Waals surface area contributed by atoms with Gasteiger partial charge in [-0.15, -0.1) is 0 Å². The van der Waals surface area contributed by atoms with E-state index in [0.717, 1.165) is 4.90 Å². The molecule has 3 unspecified atom stereocenters. The molecule has 0 fully saturated rings. The van der Waals surface area contributed by atoms with E-state index in [4.69, 9.17) is 9.47 Å². The maximum absolute atomic E-state index is 13.3. The lowest BCUT2D eigenvalue weighted by atomic mass is 10.1. The Labute approximate surface area is 167 Å². The molecule has 3 atom stereocenters. The first kappa shape index (κ1) is 20.2. The molecule has 1 aliphatic rings. The zero-order valence-electron chi connectivity index (χ0n) is 16.3. The molecule has 1 aromatic carbocycles. The number of hydrogen-bond donors (Lipinski definition) is 0. The Morgan fingerprint density at radius 3 is 2.59 bits per heavy atom. The molecule has 1 amide bonds. The second-order valence-corrected chi connectivity index (χ2v) is 6.70. The van der Waals surface area contributed by atoms with Crippen molar-refractivity contribution in [2.75, 3.05) is 4.90 Å². The highest BCUT2D eigenvalue weighted by atomic mass is 16.6. The first-order chi connectivity index (χ1) is 13.8. The Balaban J connectivity index is 2.05. The van der Waals surface area contributed by atoms with Crippen molar-refractivity contribution in [3.63, 3.8) is 0 Å². The number of amides is 1. The first-order valence-corrected chi connectivity index (χ1v) is 9.24. The third-order valence-corrected chi connectivity index (χ3v) is 4.67. The molecule has 1 aromatic heterocycles. The fraction of sp³-hybridized carbons (Fsp3) is 0.350. The van der Waals surface area contributed by atoms with Gasteiger partial charge in [0.15, 0.2) is 5.75 Å². The fourth-order valence-corrected chi connectivity index (χ4v) is 2.90. The van der Waals surface area contributed by atoms with Gasteiger partial charge in [0.1, 0.15) is 6.04 Å². The van der Waals surface area contributed by atoms with Crippen LogP contribution in [0.3, 0.4) is 0 Å². The lowest BCUT2D eigenvalue weighted by Gasteiger charge is -2.34. The second kappa shape index (κ2) is 8.26. The number of esters is 1. The summed E-state index contributed by atoms with van der Waals surface area (Å²) in [4.78, 5) is 41.4. The molecular weight excluding hydrogens is 378 g/mol. The number of nitro groups is 1. The number of hydrogen-bond acceptors (Lipinski definition) is 7. The van der Waals surface area contributed by atoms with Crippen molar-refractivity contribution in [1.82, 2.24) is 4.98 Å². The van der Waals surface area contributed by atoms with Crippen molar-refractivity contribution in [3.8, 4) is 5.75 Å². The van der Waals surface area contributed by atoms with E-state index in [-0.39, 0.29) is 17.7 Å². The van der Waals surface area contributed by atoms with Crippen LogP contribution in [0.25, 0.3) is 0 Å². The minimum absolute atomic E-state index is 0.0787. The van der Waals surface area contributed by atoms with Crippen LogP contribution in [0.5, 0.6) is 5.75 Å². The molecule has 9 nitrogen and oxygen atoms in total. The Hall–Kier alpha value is -3.49. The summed E-state index contributed by atoms with van der Waals surface area (Å²) in [6.07, 6.45) is -0.725. The van der Waals surface area contributed by atoms with Crippen molar-refractivity contribution in [2.45, 2.75) is 45.4 Å². The minimum Gasteiger partial charge on any atom is -0.469 e. The largest absolute Gasteiger partial charge is 0.469 e. The maximum atomic E-state index is 13.3. The molecule has 9 heteroatoms. The van der Waals surface area contributed by atoms with Crippen LogP contribution in [0.15, 0.2) is 42.5 Å². The lowest BCUT2D eigenvalue weighted by molar-refractivity contribution is -0.389. The monoisotopic (exact) mass is 399 g/mol. The molecule has 29 heavy (non-hydrogen) atoms. The molecule has 0 N–H and O–H groups in total.